The van der Waals surface area contributed by atoms with Gasteiger partial charge in [-0.25, -0.2) is 0 Å². The van der Waals surface area contributed by atoms with Gasteiger partial charge in [-0.05, 0) is 55.2 Å². The molecular weight excluding hydrogens is 236 g/mol. The lowest BCUT2D eigenvalue weighted by Gasteiger charge is -2.12. The van der Waals surface area contributed by atoms with Crippen LogP contribution in [0.25, 0.3) is 6.08 Å². The Morgan fingerprint density at radius 1 is 1.21 bits per heavy atom. The van der Waals surface area contributed by atoms with E-state index in [-0.39, 0.29) is 5.57 Å². The van der Waals surface area contributed by atoms with Crippen molar-refractivity contribution in [3.8, 4) is 17.9 Å². The summed E-state index contributed by atoms with van der Waals surface area (Å²) in [5, 5.41) is 17.5. The number of aryl methyl sites for hydroxylation is 2. The Balaban J connectivity index is 3.01. The zero-order valence-corrected chi connectivity index (χ0v) is 11.7. The molecule has 19 heavy (non-hydrogen) atoms. The Bertz CT molecular complexity index is 520. The second kappa shape index (κ2) is 7.24. The van der Waals surface area contributed by atoms with Crippen LogP contribution in [0.5, 0.6) is 5.75 Å². The van der Waals surface area contributed by atoms with Crippen LogP contribution in [0.2, 0.25) is 0 Å². The van der Waals surface area contributed by atoms with Crippen molar-refractivity contribution in [3.63, 3.8) is 0 Å². The molecule has 0 fully saturated rings. The van der Waals surface area contributed by atoms with E-state index in [4.69, 9.17) is 15.3 Å². The topological polar surface area (TPSA) is 56.8 Å². The van der Waals surface area contributed by atoms with Gasteiger partial charge in [-0.15, -0.1) is 0 Å². The first-order chi connectivity index (χ1) is 9.12. The van der Waals surface area contributed by atoms with Crippen LogP contribution in [0, 0.1) is 36.5 Å². The molecule has 3 nitrogen and oxygen atoms in total. The van der Waals surface area contributed by atoms with Crippen molar-refractivity contribution in [1.29, 1.82) is 10.5 Å². The molecule has 0 saturated heterocycles. The van der Waals surface area contributed by atoms with E-state index in [1.54, 1.807) is 6.08 Å². The smallest absolute Gasteiger partial charge is 0.130 e. The first kappa shape index (κ1) is 14.8. The fourth-order valence-electron chi connectivity index (χ4n) is 1.87. The summed E-state index contributed by atoms with van der Waals surface area (Å²) in [6.07, 6.45) is 3.73. The maximum absolute atomic E-state index is 8.76. The zero-order valence-electron chi connectivity index (χ0n) is 11.7. The van der Waals surface area contributed by atoms with Gasteiger partial charge in [0.15, 0.2) is 0 Å². The van der Waals surface area contributed by atoms with Gasteiger partial charge in [-0.2, -0.15) is 10.5 Å². The molecule has 1 aromatic carbocycles. The van der Waals surface area contributed by atoms with Gasteiger partial charge in [-0.3, -0.25) is 0 Å². The van der Waals surface area contributed by atoms with E-state index in [0.717, 1.165) is 41.9 Å². The summed E-state index contributed by atoms with van der Waals surface area (Å²) >= 11 is 0. The van der Waals surface area contributed by atoms with Crippen LogP contribution >= 0.6 is 0 Å². The Labute approximate surface area is 114 Å². The number of benzene rings is 1. The average molecular weight is 254 g/mol. The van der Waals surface area contributed by atoms with Crippen molar-refractivity contribution in [2.45, 2.75) is 33.6 Å². The van der Waals surface area contributed by atoms with E-state index in [0.29, 0.717) is 0 Å². The molecule has 0 saturated carbocycles. The predicted octanol–water partition coefficient (Wildman–Crippen LogP) is 3.91. The lowest BCUT2D eigenvalue weighted by Crippen LogP contribution is -2.00. The zero-order chi connectivity index (χ0) is 14.3. The molecule has 0 bridgehead atoms. The molecule has 0 aliphatic carbocycles. The molecule has 0 heterocycles. The van der Waals surface area contributed by atoms with E-state index in [1.165, 1.54) is 0 Å². The van der Waals surface area contributed by atoms with Gasteiger partial charge in [0, 0.05) is 0 Å². The number of hydrogen-bond acceptors (Lipinski definition) is 3. The first-order valence-corrected chi connectivity index (χ1v) is 6.38. The summed E-state index contributed by atoms with van der Waals surface area (Å²) in [5.74, 6) is 0.904. The fraction of sp³-hybridized carbons (Fsp3) is 0.375. The summed E-state index contributed by atoms with van der Waals surface area (Å²) in [4.78, 5) is 0. The number of unbranched alkanes of at least 4 members (excludes halogenated alkanes) is 1. The third-order valence-electron chi connectivity index (χ3n) is 2.78. The number of nitriles is 2. The summed E-state index contributed by atoms with van der Waals surface area (Å²) in [6, 6.07) is 7.60. The van der Waals surface area contributed by atoms with Gasteiger partial charge in [-0.1, -0.05) is 13.3 Å². The van der Waals surface area contributed by atoms with Gasteiger partial charge in [0.2, 0.25) is 0 Å². The highest BCUT2D eigenvalue weighted by atomic mass is 16.5. The summed E-state index contributed by atoms with van der Waals surface area (Å²) < 4.78 is 5.77. The molecular formula is C16H18N2O. The van der Waals surface area contributed by atoms with Crippen LogP contribution in [0.15, 0.2) is 17.7 Å². The number of allylic oxidation sites excluding steroid dienone is 1. The third kappa shape index (κ3) is 4.16. The molecule has 1 aromatic rings. The van der Waals surface area contributed by atoms with Crippen molar-refractivity contribution in [2.75, 3.05) is 6.61 Å². The minimum absolute atomic E-state index is 0.110. The Hall–Kier alpha value is -2.26. The molecule has 0 unspecified atom stereocenters. The van der Waals surface area contributed by atoms with Crippen molar-refractivity contribution >= 4 is 6.08 Å². The third-order valence-corrected chi connectivity index (χ3v) is 2.78. The van der Waals surface area contributed by atoms with E-state index in [2.05, 4.69) is 6.92 Å². The van der Waals surface area contributed by atoms with Crippen molar-refractivity contribution in [2.24, 2.45) is 0 Å². The molecule has 0 aliphatic rings. The first-order valence-electron chi connectivity index (χ1n) is 6.38. The molecule has 0 radical (unpaired) electrons. The van der Waals surface area contributed by atoms with E-state index >= 15 is 0 Å². The molecule has 0 amide bonds. The second-order valence-electron chi connectivity index (χ2n) is 4.47. The Kier molecular flexibility index (Phi) is 5.64. The maximum atomic E-state index is 8.76. The van der Waals surface area contributed by atoms with Crippen molar-refractivity contribution in [1.82, 2.24) is 0 Å². The van der Waals surface area contributed by atoms with E-state index < -0.39 is 0 Å². The van der Waals surface area contributed by atoms with Crippen LogP contribution in [0.3, 0.4) is 0 Å². The average Bonchev–Trinajstić information content (AvgIpc) is 2.39. The van der Waals surface area contributed by atoms with Crippen LogP contribution < -0.4 is 4.74 Å². The summed E-state index contributed by atoms with van der Waals surface area (Å²) in [7, 11) is 0. The van der Waals surface area contributed by atoms with Crippen LogP contribution in [0.1, 0.15) is 36.5 Å². The van der Waals surface area contributed by atoms with Crippen molar-refractivity contribution in [3.05, 3.63) is 34.4 Å². The standard InChI is InChI=1S/C16H18N2O/c1-4-5-6-19-16-12(2)7-14(8-13(16)3)9-15(10-17)11-18/h7-9H,4-6H2,1-3H3. The van der Waals surface area contributed by atoms with E-state index in [1.807, 2.05) is 38.1 Å². The van der Waals surface area contributed by atoms with Crippen molar-refractivity contribution < 1.29 is 4.74 Å². The molecule has 98 valence electrons. The molecule has 3 heteroatoms. The largest absolute Gasteiger partial charge is 0.493 e. The molecule has 1 rings (SSSR count). The molecule has 0 N–H and O–H groups in total. The van der Waals surface area contributed by atoms with E-state index in [9.17, 15) is 0 Å². The molecule has 0 spiro atoms. The highest BCUT2D eigenvalue weighted by molar-refractivity contribution is 5.64. The fourth-order valence-corrected chi connectivity index (χ4v) is 1.87. The number of nitrogens with zero attached hydrogens (tertiary/aromatic N) is 2. The number of rotatable bonds is 5. The molecule has 0 aromatic heterocycles. The number of ether oxygens (including phenoxy) is 1. The maximum Gasteiger partial charge on any atom is 0.130 e. The lowest BCUT2D eigenvalue weighted by molar-refractivity contribution is 0.305. The Morgan fingerprint density at radius 3 is 2.26 bits per heavy atom. The minimum Gasteiger partial charge on any atom is -0.493 e. The highest BCUT2D eigenvalue weighted by Gasteiger charge is 2.06. The Morgan fingerprint density at radius 2 is 1.79 bits per heavy atom. The summed E-state index contributed by atoms with van der Waals surface area (Å²) in [6.45, 7) is 6.80. The normalized spacial score (nSPS) is 9.32. The molecule has 0 atom stereocenters. The SMILES string of the molecule is CCCCOc1c(C)cc(C=C(C#N)C#N)cc1C. The summed E-state index contributed by atoms with van der Waals surface area (Å²) in [5.41, 5.74) is 3.02. The van der Waals surface area contributed by atoms with Crippen LogP contribution in [-0.4, -0.2) is 6.61 Å². The highest BCUT2D eigenvalue weighted by Crippen LogP contribution is 2.26. The van der Waals surface area contributed by atoms with Gasteiger partial charge in [0.05, 0.1) is 6.61 Å². The monoisotopic (exact) mass is 254 g/mol. The van der Waals surface area contributed by atoms with Gasteiger partial charge in [0.25, 0.3) is 0 Å². The minimum atomic E-state index is 0.110. The number of hydrogen-bond donors (Lipinski definition) is 0. The van der Waals surface area contributed by atoms with Gasteiger partial charge >= 0.3 is 0 Å². The van der Waals surface area contributed by atoms with Gasteiger partial charge in [0.1, 0.15) is 23.5 Å². The lowest BCUT2D eigenvalue weighted by atomic mass is 10.0. The van der Waals surface area contributed by atoms with Gasteiger partial charge < -0.3 is 4.74 Å². The van der Waals surface area contributed by atoms with Crippen LogP contribution in [0.4, 0.5) is 0 Å². The quantitative estimate of drug-likeness (QED) is 0.591. The predicted molar refractivity (Wildman–Crippen MR) is 75.5 cm³/mol. The van der Waals surface area contributed by atoms with Crippen LogP contribution in [-0.2, 0) is 0 Å². The molecule has 0 aliphatic heterocycles. The second-order valence-corrected chi connectivity index (χ2v) is 4.47.